The Kier molecular flexibility index (Phi) is 8.70. The lowest BCUT2D eigenvalue weighted by atomic mass is 9.90. The van der Waals surface area contributed by atoms with Gasteiger partial charge in [-0.3, -0.25) is 9.69 Å². The molecule has 0 saturated carbocycles. The summed E-state index contributed by atoms with van der Waals surface area (Å²) in [5, 5.41) is 0. The highest BCUT2D eigenvalue weighted by Gasteiger charge is 2.25. The number of ether oxygens (including phenoxy) is 2. The molecule has 0 spiro atoms. The van der Waals surface area contributed by atoms with Crippen molar-refractivity contribution in [2.45, 2.75) is 45.1 Å². The average molecular weight is 500 g/mol. The fourth-order valence-corrected chi connectivity index (χ4v) is 5.27. The van der Waals surface area contributed by atoms with Crippen LogP contribution in [0.2, 0.25) is 0 Å². The number of likely N-dealkylation sites (tertiary alicyclic amines) is 1. The molecule has 1 amide bonds. The topological polar surface area (TPSA) is 54.9 Å². The highest BCUT2D eigenvalue weighted by molar-refractivity contribution is 5.78. The number of hydrogen-bond acceptors (Lipinski definition) is 5. The standard InChI is InChI=1S/C31H37N3O3/c35-30(34-19-15-26(16-20-34)22-25-10-3-1-4-11-25)24-33-18-7-2-8-21-36-28-13-5-6-14-29(28)37-31-27(23-33)12-9-17-32-31/h1,3-6,9-14,17,26H,2,7-8,15-16,18-24H2. The number of amides is 1. The number of fused-ring (bicyclic) bond motifs is 2. The number of pyridine rings is 1. The first kappa shape index (κ1) is 25.3. The Morgan fingerprint density at radius 2 is 1.65 bits per heavy atom. The number of aromatic nitrogens is 1. The van der Waals surface area contributed by atoms with Gasteiger partial charge in [-0.2, -0.15) is 0 Å². The molecule has 0 N–H and O–H groups in total. The molecule has 2 aliphatic heterocycles. The number of benzene rings is 2. The predicted molar refractivity (Wildman–Crippen MR) is 145 cm³/mol. The van der Waals surface area contributed by atoms with E-state index in [9.17, 15) is 4.79 Å². The summed E-state index contributed by atoms with van der Waals surface area (Å²) >= 11 is 0. The van der Waals surface area contributed by atoms with Gasteiger partial charge in [-0.1, -0.05) is 48.5 Å². The van der Waals surface area contributed by atoms with E-state index in [4.69, 9.17) is 9.47 Å². The molecule has 1 saturated heterocycles. The molecule has 6 nitrogen and oxygen atoms in total. The van der Waals surface area contributed by atoms with E-state index in [1.54, 1.807) is 6.20 Å². The third kappa shape index (κ3) is 7.10. The number of piperidine rings is 1. The van der Waals surface area contributed by atoms with Crippen molar-refractivity contribution in [1.29, 1.82) is 0 Å². The van der Waals surface area contributed by atoms with Gasteiger partial charge < -0.3 is 14.4 Å². The molecular weight excluding hydrogens is 462 g/mol. The summed E-state index contributed by atoms with van der Waals surface area (Å²) in [4.78, 5) is 22.2. The molecule has 0 bridgehead atoms. The molecule has 0 unspecified atom stereocenters. The van der Waals surface area contributed by atoms with Crippen LogP contribution in [0.15, 0.2) is 72.9 Å². The van der Waals surface area contributed by atoms with Crippen LogP contribution in [-0.4, -0.2) is 53.5 Å². The van der Waals surface area contributed by atoms with Crippen LogP contribution in [-0.2, 0) is 17.8 Å². The molecule has 5 rings (SSSR count). The molecule has 1 aromatic heterocycles. The summed E-state index contributed by atoms with van der Waals surface area (Å²) in [7, 11) is 0. The van der Waals surface area contributed by atoms with Crippen LogP contribution in [0.1, 0.15) is 43.2 Å². The molecule has 3 aromatic rings. The molecule has 0 aliphatic carbocycles. The van der Waals surface area contributed by atoms with E-state index in [1.165, 1.54) is 5.56 Å². The van der Waals surface area contributed by atoms with E-state index in [-0.39, 0.29) is 5.91 Å². The Morgan fingerprint density at radius 3 is 2.49 bits per heavy atom. The van der Waals surface area contributed by atoms with Crippen molar-refractivity contribution in [3.8, 4) is 17.4 Å². The first-order valence-corrected chi connectivity index (χ1v) is 13.6. The second-order valence-electron chi connectivity index (χ2n) is 10.2. The van der Waals surface area contributed by atoms with Crippen molar-refractivity contribution >= 4 is 5.91 Å². The third-order valence-corrected chi connectivity index (χ3v) is 7.37. The van der Waals surface area contributed by atoms with Gasteiger partial charge in [0.05, 0.1) is 13.2 Å². The van der Waals surface area contributed by atoms with Crippen molar-refractivity contribution in [3.05, 3.63) is 84.1 Å². The van der Waals surface area contributed by atoms with Gasteiger partial charge in [-0.15, -0.1) is 0 Å². The molecule has 6 heteroatoms. The summed E-state index contributed by atoms with van der Waals surface area (Å²) in [6.45, 7) is 4.25. The molecule has 0 radical (unpaired) electrons. The SMILES string of the molecule is O=C(CN1CCCCCOc2ccccc2Oc2ncccc2C1)N1CCC(Cc2ccccc2)CC1. The molecule has 2 aliphatic rings. The van der Waals surface area contributed by atoms with Crippen LogP contribution in [0.5, 0.6) is 17.4 Å². The summed E-state index contributed by atoms with van der Waals surface area (Å²) in [6, 6.07) is 22.4. The largest absolute Gasteiger partial charge is 0.490 e. The molecule has 37 heavy (non-hydrogen) atoms. The zero-order valence-electron chi connectivity index (χ0n) is 21.6. The molecule has 3 heterocycles. The third-order valence-electron chi connectivity index (χ3n) is 7.37. The average Bonchev–Trinajstić information content (AvgIpc) is 2.94. The van der Waals surface area contributed by atoms with E-state index in [0.717, 1.165) is 69.5 Å². The lowest BCUT2D eigenvalue weighted by molar-refractivity contribution is -0.134. The van der Waals surface area contributed by atoms with Crippen molar-refractivity contribution in [1.82, 2.24) is 14.8 Å². The Balaban J connectivity index is 1.23. The number of para-hydroxylation sites is 2. The second kappa shape index (κ2) is 12.7. The maximum Gasteiger partial charge on any atom is 0.236 e. The van der Waals surface area contributed by atoms with Crippen LogP contribution >= 0.6 is 0 Å². The van der Waals surface area contributed by atoms with Crippen LogP contribution < -0.4 is 9.47 Å². The van der Waals surface area contributed by atoms with Crippen LogP contribution in [0.3, 0.4) is 0 Å². The minimum Gasteiger partial charge on any atom is -0.490 e. The van der Waals surface area contributed by atoms with Gasteiger partial charge in [0.2, 0.25) is 11.8 Å². The van der Waals surface area contributed by atoms with Gasteiger partial charge in [0.25, 0.3) is 0 Å². The zero-order chi connectivity index (χ0) is 25.3. The Labute approximate surface area is 220 Å². The molecular formula is C31H37N3O3. The summed E-state index contributed by atoms with van der Waals surface area (Å²) in [5.74, 6) is 2.85. The normalized spacial score (nSPS) is 17.7. The second-order valence-corrected chi connectivity index (χ2v) is 10.2. The maximum absolute atomic E-state index is 13.4. The highest BCUT2D eigenvalue weighted by Crippen LogP contribution is 2.32. The Bertz CT molecular complexity index is 1150. The first-order valence-electron chi connectivity index (χ1n) is 13.6. The number of nitrogens with zero attached hydrogens (tertiary/aromatic N) is 3. The van der Waals surface area contributed by atoms with Crippen molar-refractivity contribution in [3.63, 3.8) is 0 Å². The van der Waals surface area contributed by atoms with Gasteiger partial charge in [0, 0.05) is 31.4 Å². The zero-order valence-corrected chi connectivity index (χ0v) is 21.6. The fourth-order valence-electron chi connectivity index (χ4n) is 5.27. The molecule has 0 atom stereocenters. The van der Waals surface area contributed by atoms with E-state index in [2.05, 4.69) is 45.1 Å². The minimum absolute atomic E-state index is 0.225. The lowest BCUT2D eigenvalue weighted by Crippen LogP contribution is -2.44. The lowest BCUT2D eigenvalue weighted by Gasteiger charge is -2.34. The van der Waals surface area contributed by atoms with Gasteiger partial charge in [0.15, 0.2) is 11.5 Å². The van der Waals surface area contributed by atoms with Gasteiger partial charge >= 0.3 is 0 Å². The quantitative estimate of drug-likeness (QED) is 0.460. The summed E-state index contributed by atoms with van der Waals surface area (Å²) in [6.07, 6.45) is 8.03. The monoisotopic (exact) mass is 499 g/mol. The fraction of sp³-hybridized carbons (Fsp3) is 0.419. The Morgan fingerprint density at radius 1 is 0.865 bits per heavy atom. The molecule has 1 fully saturated rings. The predicted octanol–water partition coefficient (Wildman–Crippen LogP) is 5.72. The van der Waals surface area contributed by atoms with E-state index in [1.807, 2.05) is 36.4 Å². The van der Waals surface area contributed by atoms with E-state index >= 15 is 0 Å². The van der Waals surface area contributed by atoms with Crippen molar-refractivity contribution in [2.24, 2.45) is 5.92 Å². The minimum atomic E-state index is 0.225. The maximum atomic E-state index is 13.4. The van der Waals surface area contributed by atoms with Crippen molar-refractivity contribution in [2.75, 3.05) is 32.8 Å². The number of hydrogen-bond donors (Lipinski definition) is 0. The molecule has 194 valence electrons. The summed E-state index contributed by atoms with van der Waals surface area (Å²) in [5.41, 5.74) is 2.37. The van der Waals surface area contributed by atoms with Gasteiger partial charge in [0.1, 0.15) is 0 Å². The van der Waals surface area contributed by atoms with Crippen LogP contribution in [0.25, 0.3) is 0 Å². The molecule has 2 aromatic carbocycles. The summed E-state index contributed by atoms with van der Waals surface area (Å²) < 4.78 is 12.2. The number of carbonyl (C=O) groups is 1. The first-order chi connectivity index (χ1) is 18.2. The Hall–Kier alpha value is -3.38. The van der Waals surface area contributed by atoms with E-state index < -0.39 is 0 Å². The number of carbonyl (C=O) groups excluding carboxylic acids is 1. The smallest absolute Gasteiger partial charge is 0.236 e. The van der Waals surface area contributed by atoms with Gasteiger partial charge in [-0.05, 0) is 74.8 Å². The van der Waals surface area contributed by atoms with E-state index in [0.29, 0.717) is 37.2 Å². The van der Waals surface area contributed by atoms with Crippen LogP contribution in [0.4, 0.5) is 0 Å². The van der Waals surface area contributed by atoms with Crippen LogP contribution in [0, 0.1) is 5.92 Å². The van der Waals surface area contributed by atoms with Crippen molar-refractivity contribution < 1.29 is 14.3 Å². The number of rotatable bonds is 4. The highest BCUT2D eigenvalue weighted by atomic mass is 16.5. The van der Waals surface area contributed by atoms with Gasteiger partial charge in [-0.25, -0.2) is 4.98 Å².